The Morgan fingerprint density at radius 1 is 0.917 bits per heavy atom. The number of carbonyl (C=O) groups excluding carboxylic acids is 2. The summed E-state index contributed by atoms with van der Waals surface area (Å²) in [5, 5.41) is 5.74. The lowest BCUT2D eigenvalue weighted by Gasteiger charge is -2.05. The summed E-state index contributed by atoms with van der Waals surface area (Å²) >= 11 is 0. The normalized spacial score (nSPS) is 10.8. The second kappa shape index (κ2) is 8.11. The Hall–Kier alpha value is -2.88. The van der Waals surface area contributed by atoms with Crippen molar-refractivity contribution >= 4 is 23.1 Å². The summed E-state index contributed by atoms with van der Waals surface area (Å²) in [5.41, 5.74) is 3.45. The van der Waals surface area contributed by atoms with Crippen molar-refractivity contribution < 1.29 is 9.59 Å². The summed E-state index contributed by atoms with van der Waals surface area (Å²) in [6.45, 7) is 5.71. The molecule has 0 radical (unpaired) electrons. The second-order valence-corrected chi connectivity index (χ2v) is 5.88. The van der Waals surface area contributed by atoms with Gasteiger partial charge in [0.1, 0.15) is 0 Å². The first-order valence-corrected chi connectivity index (χ1v) is 7.91. The third kappa shape index (κ3) is 5.09. The summed E-state index contributed by atoms with van der Waals surface area (Å²) < 4.78 is 0. The number of allylic oxidation sites excluding steroid dienone is 1. The first kappa shape index (κ1) is 17.5. The van der Waals surface area contributed by atoms with Crippen LogP contribution in [0, 0.1) is 0 Å². The first-order chi connectivity index (χ1) is 11.5. The van der Waals surface area contributed by atoms with Crippen molar-refractivity contribution in [3.8, 4) is 0 Å². The van der Waals surface area contributed by atoms with E-state index in [4.69, 9.17) is 0 Å². The van der Waals surface area contributed by atoms with Crippen molar-refractivity contribution in [2.24, 2.45) is 0 Å². The van der Waals surface area contributed by atoms with Gasteiger partial charge in [0.15, 0.2) is 5.78 Å². The largest absolute Gasteiger partial charge is 0.362 e. The van der Waals surface area contributed by atoms with E-state index >= 15 is 0 Å². The van der Waals surface area contributed by atoms with Crippen LogP contribution in [0.4, 0.5) is 11.4 Å². The van der Waals surface area contributed by atoms with Gasteiger partial charge in [0.25, 0.3) is 0 Å². The highest BCUT2D eigenvalue weighted by Crippen LogP contribution is 2.16. The van der Waals surface area contributed by atoms with Crippen LogP contribution in [0.2, 0.25) is 0 Å². The van der Waals surface area contributed by atoms with Crippen LogP contribution in [-0.2, 0) is 4.79 Å². The minimum atomic E-state index is -0.107. The monoisotopic (exact) mass is 322 g/mol. The van der Waals surface area contributed by atoms with Gasteiger partial charge >= 0.3 is 0 Å². The molecule has 0 fully saturated rings. The number of anilines is 2. The minimum Gasteiger partial charge on any atom is -0.362 e. The van der Waals surface area contributed by atoms with Crippen molar-refractivity contribution in [2.45, 2.75) is 26.7 Å². The fourth-order valence-electron chi connectivity index (χ4n) is 2.20. The molecule has 0 aliphatic heterocycles. The van der Waals surface area contributed by atoms with E-state index in [0.29, 0.717) is 11.5 Å². The quantitative estimate of drug-likeness (QED) is 0.604. The Bertz CT molecular complexity index is 729. The maximum Gasteiger partial charge on any atom is 0.221 e. The lowest BCUT2D eigenvalue weighted by atomic mass is 10.0. The SMILES string of the molecule is CC(=O)Nc1ccc(NC=CC(=O)c2ccc(C(C)C)cc2)cc1. The van der Waals surface area contributed by atoms with E-state index < -0.39 is 0 Å². The smallest absolute Gasteiger partial charge is 0.221 e. The van der Waals surface area contributed by atoms with Crippen LogP contribution in [0.25, 0.3) is 0 Å². The van der Waals surface area contributed by atoms with Crippen molar-refractivity contribution in [3.05, 3.63) is 71.9 Å². The average molecular weight is 322 g/mol. The summed E-state index contributed by atoms with van der Waals surface area (Å²) in [5.74, 6) is 0.296. The zero-order chi connectivity index (χ0) is 17.5. The van der Waals surface area contributed by atoms with Crippen LogP contribution in [0.3, 0.4) is 0 Å². The molecular weight excluding hydrogens is 300 g/mol. The minimum absolute atomic E-state index is 0.0485. The Morgan fingerprint density at radius 3 is 2.04 bits per heavy atom. The standard InChI is InChI=1S/C20H22N2O2/c1-14(2)16-4-6-17(7-5-16)20(24)12-13-21-18-8-10-19(11-9-18)22-15(3)23/h4-14,21H,1-3H3,(H,22,23). The summed E-state index contributed by atoms with van der Waals surface area (Å²) in [7, 11) is 0. The molecule has 1 amide bonds. The van der Waals surface area contributed by atoms with Gasteiger partial charge in [0, 0.05) is 36.1 Å². The van der Waals surface area contributed by atoms with E-state index in [1.807, 2.05) is 36.4 Å². The van der Waals surface area contributed by atoms with Crippen LogP contribution < -0.4 is 10.6 Å². The van der Waals surface area contributed by atoms with E-state index in [2.05, 4.69) is 24.5 Å². The lowest BCUT2D eigenvalue weighted by Crippen LogP contribution is -2.05. The topological polar surface area (TPSA) is 58.2 Å². The maximum absolute atomic E-state index is 12.1. The Balaban J connectivity index is 1.93. The van der Waals surface area contributed by atoms with Crippen molar-refractivity contribution in [1.29, 1.82) is 0 Å². The average Bonchev–Trinajstić information content (AvgIpc) is 2.56. The molecule has 2 N–H and O–H groups in total. The summed E-state index contributed by atoms with van der Waals surface area (Å²) in [6.07, 6.45) is 3.12. The van der Waals surface area contributed by atoms with Gasteiger partial charge in [-0.1, -0.05) is 38.1 Å². The predicted molar refractivity (Wildman–Crippen MR) is 98.4 cm³/mol. The first-order valence-electron chi connectivity index (χ1n) is 7.91. The molecule has 0 bridgehead atoms. The van der Waals surface area contributed by atoms with Crippen molar-refractivity contribution in [2.75, 3.05) is 10.6 Å². The number of rotatable bonds is 6. The number of benzene rings is 2. The molecule has 0 saturated heterocycles. The molecule has 2 aromatic rings. The highest BCUT2D eigenvalue weighted by atomic mass is 16.1. The molecule has 124 valence electrons. The van der Waals surface area contributed by atoms with Crippen LogP contribution in [-0.4, -0.2) is 11.7 Å². The van der Waals surface area contributed by atoms with Crippen LogP contribution in [0.5, 0.6) is 0 Å². The molecule has 4 nitrogen and oxygen atoms in total. The molecule has 0 aliphatic rings. The Kier molecular flexibility index (Phi) is 5.90. The van der Waals surface area contributed by atoms with E-state index in [0.717, 1.165) is 11.4 Å². The van der Waals surface area contributed by atoms with Gasteiger partial charge in [-0.25, -0.2) is 0 Å². The van der Waals surface area contributed by atoms with Crippen LogP contribution in [0.1, 0.15) is 42.6 Å². The number of ketones is 1. The number of hydrogen-bond acceptors (Lipinski definition) is 3. The van der Waals surface area contributed by atoms with Crippen molar-refractivity contribution in [1.82, 2.24) is 0 Å². The number of nitrogens with one attached hydrogen (secondary N) is 2. The Labute approximate surface area is 142 Å². The molecule has 24 heavy (non-hydrogen) atoms. The lowest BCUT2D eigenvalue weighted by molar-refractivity contribution is -0.114. The predicted octanol–water partition coefficient (Wildman–Crippen LogP) is 4.58. The van der Waals surface area contributed by atoms with Gasteiger partial charge < -0.3 is 10.6 Å². The molecule has 0 saturated carbocycles. The van der Waals surface area contributed by atoms with E-state index in [1.165, 1.54) is 18.6 Å². The molecule has 4 heteroatoms. The van der Waals surface area contributed by atoms with E-state index in [9.17, 15) is 9.59 Å². The zero-order valence-electron chi connectivity index (χ0n) is 14.2. The molecule has 0 atom stereocenters. The highest BCUT2D eigenvalue weighted by Gasteiger charge is 2.03. The third-order valence-electron chi connectivity index (χ3n) is 3.55. The number of amides is 1. The third-order valence-corrected chi connectivity index (χ3v) is 3.55. The molecule has 2 rings (SSSR count). The van der Waals surface area contributed by atoms with Gasteiger partial charge in [0.2, 0.25) is 5.91 Å². The molecule has 0 unspecified atom stereocenters. The highest BCUT2D eigenvalue weighted by molar-refractivity contribution is 6.04. The number of carbonyl (C=O) groups is 2. The zero-order valence-corrected chi connectivity index (χ0v) is 14.2. The molecular formula is C20H22N2O2. The summed E-state index contributed by atoms with van der Waals surface area (Å²) in [4.78, 5) is 23.1. The fourth-order valence-corrected chi connectivity index (χ4v) is 2.20. The molecule has 0 aromatic heterocycles. The van der Waals surface area contributed by atoms with Crippen LogP contribution >= 0.6 is 0 Å². The van der Waals surface area contributed by atoms with E-state index in [-0.39, 0.29) is 11.7 Å². The number of hydrogen-bond donors (Lipinski definition) is 2. The van der Waals surface area contributed by atoms with Crippen LogP contribution in [0.15, 0.2) is 60.8 Å². The van der Waals surface area contributed by atoms with Gasteiger partial charge in [-0.05, 0) is 35.7 Å². The van der Waals surface area contributed by atoms with Gasteiger partial charge in [-0.3, -0.25) is 9.59 Å². The van der Waals surface area contributed by atoms with Gasteiger partial charge in [-0.2, -0.15) is 0 Å². The maximum atomic E-state index is 12.1. The molecule has 0 aliphatic carbocycles. The molecule has 0 heterocycles. The second-order valence-electron chi connectivity index (χ2n) is 5.88. The van der Waals surface area contributed by atoms with Crippen molar-refractivity contribution in [3.63, 3.8) is 0 Å². The fraction of sp³-hybridized carbons (Fsp3) is 0.200. The van der Waals surface area contributed by atoms with Gasteiger partial charge in [0.05, 0.1) is 0 Å². The van der Waals surface area contributed by atoms with E-state index in [1.54, 1.807) is 18.3 Å². The van der Waals surface area contributed by atoms with Gasteiger partial charge in [-0.15, -0.1) is 0 Å². The molecule has 2 aromatic carbocycles. The summed E-state index contributed by atoms with van der Waals surface area (Å²) in [6, 6.07) is 14.9. The Morgan fingerprint density at radius 2 is 1.50 bits per heavy atom. The molecule has 0 spiro atoms.